The fourth-order valence-electron chi connectivity index (χ4n) is 4.15. The van der Waals surface area contributed by atoms with Gasteiger partial charge in [0.25, 0.3) is 5.91 Å². The van der Waals surface area contributed by atoms with Crippen LogP contribution in [-0.4, -0.2) is 55.6 Å². The first-order valence-electron chi connectivity index (χ1n) is 11.6. The molecule has 180 valence electrons. The Labute approximate surface area is 204 Å². The Morgan fingerprint density at radius 1 is 1.20 bits per heavy atom. The predicted molar refractivity (Wildman–Crippen MR) is 131 cm³/mol. The number of nitriles is 1. The summed E-state index contributed by atoms with van der Waals surface area (Å²) in [5.74, 6) is 0.161. The van der Waals surface area contributed by atoms with Crippen molar-refractivity contribution in [3.63, 3.8) is 0 Å². The third-order valence-corrected chi connectivity index (χ3v) is 6.08. The molecule has 4 rings (SSSR count). The molecule has 1 aliphatic heterocycles. The molecule has 1 unspecified atom stereocenters. The van der Waals surface area contributed by atoms with Gasteiger partial charge < -0.3 is 15.5 Å². The topological polar surface area (TPSA) is 129 Å². The first-order valence-corrected chi connectivity index (χ1v) is 11.6. The summed E-state index contributed by atoms with van der Waals surface area (Å²) in [7, 11) is 0. The van der Waals surface area contributed by atoms with Gasteiger partial charge in [0.05, 0.1) is 29.7 Å². The lowest BCUT2D eigenvalue weighted by Gasteiger charge is -2.31. The molecular formula is C25H28N8O2. The summed E-state index contributed by atoms with van der Waals surface area (Å²) >= 11 is 0. The lowest BCUT2D eigenvalue weighted by molar-refractivity contribution is -0.130. The average Bonchev–Trinajstić information content (AvgIpc) is 3.33. The number of rotatable bonds is 6. The third-order valence-electron chi connectivity index (χ3n) is 6.08. The minimum absolute atomic E-state index is 0.109. The number of anilines is 2. The fraction of sp³-hybridized carbons (Fsp3) is 0.360. The summed E-state index contributed by atoms with van der Waals surface area (Å²) in [4.78, 5) is 35.3. The molecule has 10 heteroatoms. The van der Waals surface area contributed by atoms with Crippen molar-refractivity contribution >= 4 is 23.5 Å². The maximum atomic E-state index is 12.8. The SMILES string of the molecule is CC(=O)N1CCC(n2cc(Nc3ncc(C)c(-c4ccccc4C(=O)NC(C)C#N)n3)cn2)CC1. The monoisotopic (exact) mass is 472 g/mol. The van der Waals surface area contributed by atoms with Crippen molar-refractivity contribution in [2.75, 3.05) is 18.4 Å². The number of nitrogens with zero attached hydrogens (tertiary/aromatic N) is 6. The third kappa shape index (κ3) is 5.46. The number of hydrogen-bond donors (Lipinski definition) is 2. The molecule has 0 spiro atoms. The molecule has 1 aromatic carbocycles. The van der Waals surface area contributed by atoms with Crippen LogP contribution in [0.15, 0.2) is 42.9 Å². The van der Waals surface area contributed by atoms with Crippen molar-refractivity contribution in [2.24, 2.45) is 0 Å². The molecule has 35 heavy (non-hydrogen) atoms. The van der Waals surface area contributed by atoms with Crippen molar-refractivity contribution < 1.29 is 9.59 Å². The van der Waals surface area contributed by atoms with Gasteiger partial charge in [-0.3, -0.25) is 14.3 Å². The van der Waals surface area contributed by atoms with E-state index >= 15 is 0 Å². The van der Waals surface area contributed by atoms with Crippen LogP contribution < -0.4 is 10.6 Å². The smallest absolute Gasteiger partial charge is 0.252 e. The Bertz CT molecular complexity index is 1270. The standard InChI is InChI=1S/C25H28N8O2/c1-16-13-27-25(30-19-14-28-33(15-19)20-8-10-32(11-9-20)18(3)34)31-23(16)21-6-4-5-7-22(21)24(35)29-17(2)12-26/h4-7,13-15,17,20H,8-11H2,1-3H3,(H,29,35)(H,27,30,31). The maximum absolute atomic E-state index is 12.8. The number of piperidine rings is 1. The summed E-state index contributed by atoms with van der Waals surface area (Å²) in [5.41, 5.74) is 3.29. The summed E-state index contributed by atoms with van der Waals surface area (Å²) < 4.78 is 1.92. The van der Waals surface area contributed by atoms with E-state index in [1.807, 2.05) is 40.9 Å². The molecule has 0 radical (unpaired) electrons. The van der Waals surface area contributed by atoms with Crippen molar-refractivity contribution in [1.82, 2.24) is 30.0 Å². The minimum Gasteiger partial charge on any atom is -0.343 e. The summed E-state index contributed by atoms with van der Waals surface area (Å²) in [6.07, 6.45) is 7.07. The quantitative estimate of drug-likeness (QED) is 0.563. The van der Waals surface area contributed by atoms with Crippen LogP contribution in [0, 0.1) is 18.3 Å². The lowest BCUT2D eigenvalue weighted by Crippen LogP contribution is -2.37. The van der Waals surface area contributed by atoms with Crippen molar-refractivity contribution in [3.8, 4) is 17.3 Å². The van der Waals surface area contributed by atoms with Crippen LogP contribution in [0.4, 0.5) is 11.6 Å². The van der Waals surface area contributed by atoms with E-state index in [-0.39, 0.29) is 17.9 Å². The van der Waals surface area contributed by atoms with Crippen LogP contribution in [0.25, 0.3) is 11.3 Å². The maximum Gasteiger partial charge on any atom is 0.252 e. The number of benzene rings is 1. The van der Waals surface area contributed by atoms with Crippen LogP contribution >= 0.6 is 0 Å². The molecule has 0 aliphatic carbocycles. The molecule has 3 heterocycles. The number of nitrogens with one attached hydrogen (secondary N) is 2. The Hall–Kier alpha value is -4.26. The lowest BCUT2D eigenvalue weighted by atomic mass is 10.0. The van der Waals surface area contributed by atoms with E-state index in [4.69, 9.17) is 5.26 Å². The first-order chi connectivity index (χ1) is 16.9. The fourth-order valence-corrected chi connectivity index (χ4v) is 4.15. The molecule has 1 atom stereocenters. The van der Waals surface area contributed by atoms with Crippen LogP contribution in [-0.2, 0) is 4.79 Å². The molecule has 2 N–H and O–H groups in total. The van der Waals surface area contributed by atoms with Crippen LogP contribution in [0.5, 0.6) is 0 Å². The zero-order valence-electron chi connectivity index (χ0n) is 20.0. The van der Waals surface area contributed by atoms with Gasteiger partial charge in [0.1, 0.15) is 6.04 Å². The highest BCUT2D eigenvalue weighted by Gasteiger charge is 2.23. The molecule has 10 nitrogen and oxygen atoms in total. The predicted octanol–water partition coefficient (Wildman–Crippen LogP) is 3.22. The van der Waals surface area contributed by atoms with E-state index in [1.54, 1.807) is 38.4 Å². The van der Waals surface area contributed by atoms with Gasteiger partial charge in [-0.1, -0.05) is 18.2 Å². The molecule has 0 saturated carbocycles. The molecule has 2 aromatic heterocycles. The second-order valence-electron chi connectivity index (χ2n) is 8.67. The summed E-state index contributed by atoms with van der Waals surface area (Å²) in [6, 6.07) is 8.80. The second-order valence-corrected chi connectivity index (χ2v) is 8.67. The highest BCUT2D eigenvalue weighted by atomic mass is 16.2. The van der Waals surface area contributed by atoms with Gasteiger partial charge in [-0.05, 0) is 38.3 Å². The zero-order valence-corrected chi connectivity index (χ0v) is 20.0. The zero-order chi connectivity index (χ0) is 24.9. The van der Waals surface area contributed by atoms with Gasteiger partial charge >= 0.3 is 0 Å². The number of aryl methyl sites for hydroxylation is 1. The number of aromatic nitrogens is 4. The van der Waals surface area contributed by atoms with E-state index < -0.39 is 6.04 Å². The largest absolute Gasteiger partial charge is 0.343 e. The molecular weight excluding hydrogens is 444 g/mol. The van der Waals surface area contributed by atoms with Crippen LogP contribution in [0.3, 0.4) is 0 Å². The minimum atomic E-state index is -0.606. The number of amides is 2. The van der Waals surface area contributed by atoms with Crippen molar-refractivity contribution in [2.45, 2.75) is 45.7 Å². The summed E-state index contributed by atoms with van der Waals surface area (Å²) in [6.45, 7) is 6.58. The van der Waals surface area contributed by atoms with E-state index in [0.717, 1.165) is 37.2 Å². The molecule has 2 amide bonds. The number of carbonyl (C=O) groups is 2. The molecule has 1 fully saturated rings. The van der Waals surface area contributed by atoms with Crippen LogP contribution in [0.2, 0.25) is 0 Å². The Balaban J connectivity index is 1.53. The van der Waals surface area contributed by atoms with Gasteiger partial charge in [0, 0.05) is 43.5 Å². The van der Waals surface area contributed by atoms with Gasteiger partial charge in [-0.2, -0.15) is 10.4 Å². The molecule has 0 bridgehead atoms. The number of carbonyl (C=O) groups excluding carboxylic acids is 2. The highest BCUT2D eigenvalue weighted by molar-refractivity contribution is 6.01. The Morgan fingerprint density at radius 2 is 1.94 bits per heavy atom. The van der Waals surface area contributed by atoms with Gasteiger partial charge in [0.15, 0.2) is 0 Å². The molecule has 3 aromatic rings. The number of likely N-dealkylation sites (tertiary alicyclic amines) is 1. The van der Waals surface area contributed by atoms with E-state index in [2.05, 4.69) is 25.7 Å². The first kappa shape index (κ1) is 23.9. The average molecular weight is 473 g/mol. The van der Waals surface area contributed by atoms with Crippen LogP contribution in [0.1, 0.15) is 48.7 Å². The van der Waals surface area contributed by atoms with E-state index in [0.29, 0.717) is 22.8 Å². The Kier molecular flexibility index (Phi) is 7.06. The summed E-state index contributed by atoms with van der Waals surface area (Å²) in [5, 5.41) is 19.4. The van der Waals surface area contributed by atoms with Gasteiger partial charge in [-0.25, -0.2) is 9.97 Å². The molecule has 1 aliphatic rings. The van der Waals surface area contributed by atoms with E-state index in [9.17, 15) is 9.59 Å². The van der Waals surface area contributed by atoms with Crippen molar-refractivity contribution in [3.05, 3.63) is 54.0 Å². The van der Waals surface area contributed by atoms with Crippen molar-refractivity contribution in [1.29, 1.82) is 5.26 Å². The van der Waals surface area contributed by atoms with Gasteiger partial charge in [0.2, 0.25) is 11.9 Å². The van der Waals surface area contributed by atoms with E-state index in [1.165, 1.54) is 0 Å². The molecule has 1 saturated heterocycles. The van der Waals surface area contributed by atoms with Gasteiger partial charge in [-0.15, -0.1) is 0 Å². The second kappa shape index (κ2) is 10.3. The normalized spacial score (nSPS) is 14.7. The highest BCUT2D eigenvalue weighted by Crippen LogP contribution is 2.27. The number of hydrogen-bond acceptors (Lipinski definition) is 7. The Morgan fingerprint density at radius 3 is 2.66 bits per heavy atom.